The third-order valence-corrected chi connectivity index (χ3v) is 4.27. The number of carbonyl (C=O) groups is 3. The van der Waals surface area contributed by atoms with E-state index >= 15 is 0 Å². The first kappa shape index (κ1) is 20.1. The van der Waals surface area contributed by atoms with Crippen LogP contribution in [0.3, 0.4) is 0 Å². The van der Waals surface area contributed by atoms with Crippen molar-refractivity contribution in [1.29, 1.82) is 0 Å². The van der Waals surface area contributed by atoms with Crippen LogP contribution in [0.25, 0.3) is 0 Å². The number of nitrogens with zero attached hydrogens (tertiary/aromatic N) is 3. The number of rotatable bonds is 7. The van der Waals surface area contributed by atoms with Crippen LogP contribution in [-0.2, 0) is 14.3 Å². The molecular formula is C17H22N4O6. The molecule has 2 rings (SSSR count). The van der Waals surface area contributed by atoms with Crippen LogP contribution < -0.4 is 10.2 Å². The lowest BCUT2D eigenvalue weighted by molar-refractivity contribution is -0.384. The van der Waals surface area contributed by atoms with E-state index in [4.69, 9.17) is 4.74 Å². The van der Waals surface area contributed by atoms with Gasteiger partial charge in [-0.05, 0) is 25.0 Å². The number of hydrogen-bond donors (Lipinski definition) is 1. The molecule has 10 heteroatoms. The van der Waals surface area contributed by atoms with Crippen molar-refractivity contribution in [1.82, 2.24) is 10.2 Å². The summed E-state index contributed by atoms with van der Waals surface area (Å²) in [5.74, 6) is -1.76. The van der Waals surface area contributed by atoms with Crippen molar-refractivity contribution in [2.45, 2.75) is 12.8 Å². The van der Waals surface area contributed by atoms with Crippen LogP contribution in [0.2, 0.25) is 0 Å². The maximum Gasteiger partial charge on any atom is 0.338 e. The zero-order valence-electron chi connectivity index (χ0n) is 15.3. The van der Waals surface area contributed by atoms with Crippen molar-refractivity contribution in [3.05, 3.63) is 33.9 Å². The summed E-state index contributed by atoms with van der Waals surface area (Å²) >= 11 is 0. The summed E-state index contributed by atoms with van der Waals surface area (Å²) in [4.78, 5) is 49.1. The number of nitrogens with one attached hydrogen (secondary N) is 1. The van der Waals surface area contributed by atoms with Crippen LogP contribution in [0.1, 0.15) is 23.2 Å². The topological polar surface area (TPSA) is 122 Å². The fourth-order valence-corrected chi connectivity index (χ4v) is 2.73. The van der Waals surface area contributed by atoms with Gasteiger partial charge in [0.25, 0.3) is 11.6 Å². The van der Waals surface area contributed by atoms with Crippen LogP contribution in [0.5, 0.6) is 0 Å². The zero-order chi connectivity index (χ0) is 20.0. The van der Waals surface area contributed by atoms with Crippen molar-refractivity contribution < 1.29 is 24.0 Å². The molecule has 1 aliphatic rings. The Morgan fingerprint density at radius 2 is 1.96 bits per heavy atom. The van der Waals surface area contributed by atoms with Gasteiger partial charge in [-0.15, -0.1) is 0 Å². The van der Waals surface area contributed by atoms with Gasteiger partial charge < -0.3 is 19.9 Å². The largest absolute Gasteiger partial charge is 0.452 e. The zero-order valence-corrected chi connectivity index (χ0v) is 15.3. The molecule has 1 N–H and O–H groups in total. The van der Waals surface area contributed by atoms with E-state index in [9.17, 15) is 24.5 Å². The number of amides is 2. The third kappa shape index (κ3) is 5.16. The van der Waals surface area contributed by atoms with Gasteiger partial charge in [0.1, 0.15) is 5.69 Å². The van der Waals surface area contributed by atoms with Crippen molar-refractivity contribution in [3.63, 3.8) is 0 Å². The van der Waals surface area contributed by atoms with Crippen LogP contribution in [-0.4, -0.2) is 67.9 Å². The van der Waals surface area contributed by atoms with Gasteiger partial charge in [0.2, 0.25) is 5.91 Å². The SMILES string of the molecule is CNC(=O)CN(C)C(=O)COC(=O)c1ccc(N2CCCC2)c([N+](=O)[O-])c1. The number of benzene rings is 1. The Balaban J connectivity index is 2.03. The van der Waals surface area contributed by atoms with E-state index in [1.165, 1.54) is 26.2 Å². The summed E-state index contributed by atoms with van der Waals surface area (Å²) in [6.45, 7) is 0.741. The number of likely N-dealkylation sites (N-methyl/N-ethyl adjacent to an activating group) is 2. The van der Waals surface area contributed by atoms with Gasteiger partial charge in [-0.2, -0.15) is 0 Å². The fourth-order valence-electron chi connectivity index (χ4n) is 2.73. The Hall–Kier alpha value is -3.17. The average Bonchev–Trinajstić information content (AvgIpc) is 3.19. The number of ether oxygens (including phenoxy) is 1. The monoisotopic (exact) mass is 378 g/mol. The van der Waals surface area contributed by atoms with Gasteiger partial charge in [-0.25, -0.2) is 4.79 Å². The summed E-state index contributed by atoms with van der Waals surface area (Å²) in [6, 6.07) is 4.13. The molecule has 1 heterocycles. The lowest BCUT2D eigenvalue weighted by atomic mass is 10.1. The van der Waals surface area contributed by atoms with E-state index in [1.807, 2.05) is 4.90 Å². The minimum Gasteiger partial charge on any atom is -0.452 e. The Labute approximate surface area is 156 Å². The van der Waals surface area contributed by atoms with E-state index in [0.29, 0.717) is 5.69 Å². The molecule has 1 fully saturated rings. The van der Waals surface area contributed by atoms with E-state index in [2.05, 4.69) is 5.32 Å². The number of anilines is 1. The molecule has 0 atom stereocenters. The summed E-state index contributed by atoms with van der Waals surface area (Å²) in [5.41, 5.74) is 0.288. The van der Waals surface area contributed by atoms with Crippen molar-refractivity contribution >= 4 is 29.2 Å². The first-order valence-corrected chi connectivity index (χ1v) is 8.48. The summed E-state index contributed by atoms with van der Waals surface area (Å²) in [7, 11) is 2.85. The minimum atomic E-state index is -0.840. The molecule has 1 aromatic carbocycles. The predicted molar refractivity (Wildman–Crippen MR) is 96.5 cm³/mol. The summed E-state index contributed by atoms with van der Waals surface area (Å²) in [5, 5.41) is 13.7. The molecule has 0 bridgehead atoms. The van der Waals surface area contributed by atoms with Crippen LogP contribution >= 0.6 is 0 Å². The third-order valence-electron chi connectivity index (χ3n) is 4.27. The molecule has 0 aliphatic carbocycles. The molecule has 1 saturated heterocycles. The lowest BCUT2D eigenvalue weighted by Crippen LogP contribution is -2.39. The number of hydrogen-bond acceptors (Lipinski definition) is 7. The van der Waals surface area contributed by atoms with Crippen LogP contribution in [0.15, 0.2) is 18.2 Å². The Morgan fingerprint density at radius 3 is 2.56 bits per heavy atom. The van der Waals surface area contributed by atoms with E-state index in [-0.39, 0.29) is 23.7 Å². The highest BCUT2D eigenvalue weighted by molar-refractivity contribution is 5.93. The molecule has 0 radical (unpaired) electrons. The Morgan fingerprint density at radius 1 is 1.30 bits per heavy atom. The molecule has 1 aliphatic heterocycles. The second kappa shape index (κ2) is 8.97. The molecule has 0 aromatic heterocycles. The second-order valence-electron chi connectivity index (χ2n) is 6.15. The highest BCUT2D eigenvalue weighted by atomic mass is 16.6. The fraction of sp³-hybridized carbons (Fsp3) is 0.471. The van der Waals surface area contributed by atoms with E-state index in [1.54, 1.807) is 0 Å². The van der Waals surface area contributed by atoms with Gasteiger partial charge in [0.15, 0.2) is 6.61 Å². The van der Waals surface area contributed by atoms with Gasteiger partial charge in [-0.1, -0.05) is 0 Å². The number of nitro benzene ring substituents is 1. The lowest BCUT2D eigenvalue weighted by Gasteiger charge is -2.18. The summed E-state index contributed by atoms with van der Waals surface area (Å²) in [6.07, 6.45) is 1.93. The van der Waals surface area contributed by atoms with Crippen molar-refractivity contribution in [2.75, 3.05) is 45.2 Å². The molecule has 1 aromatic rings. The quantitative estimate of drug-likeness (QED) is 0.418. The smallest absolute Gasteiger partial charge is 0.338 e. The first-order valence-electron chi connectivity index (χ1n) is 8.48. The van der Waals surface area contributed by atoms with Gasteiger partial charge >= 0.3 is 5.97 Å². The van der Waals surface area contributed by atoms with Crippen LogP contribution in [0, 0.1) is 10.1 Å². The van der Waals surface area contributed by atoms with E-state index in [0.717, 1.165) is 36.9 Å². The first-order chi connectivity index (χ1) is 12.8. The Bertz CT molecular complexity index is 745. The average molecular weight is 378 g/mol. The maximum absolute atomic E-state index is 12.1. The molecule has 146 valence electrons. The molecule has 0 spiro atoms. The van der Waals surface area contributed by atoms with Crippen molar-refractivity contribution in [2.24, 2.45) is 0 Å². The molecule has 10 nitrogen and oxygen atoms in total. The number of carbonyl (C=O) groups excluding carboxylic acids is 3. The van der Waals surface area contributed by atoms with Gasteiger partial charge in [0.05, 0.1) is 17.0 Å². The Kier molecular flexibility index (Phi) is 6.69. The normalized spacial score (nSPS) is 13.2. The molecule has 0 saturated carbocycles. The van der Waals surface area contributed by atoms with Crippen molar-refractivity contribution in [3.8, 4) is 0 Å². The van der Waals surface area contributed by atoms with E-state index < -0.39 is 23.4 Å². The number of nitro groups is 1. The molecule has 0 unspecified atom stereocenters. The highest BCUT2D eigenvalue weighted by Gasteiger charge is 2.24. The molecule has 27 heavy (non-hydrogen) atoms. The number of esters is 1. The van der Waals surface area contributed by atoms with Gasteiger partial charge in [0, 0.05) is 33.3 Å². The second-order valence-corrected chi connectivity index (χ2v) is 6.15. The molecule has 2 amide bonds. The minimum absolute atomic E-state index is 0.00796. The maximum atomic E-state index is 12.1. The van der Waals surface area contributed by atoms with Crippen LogP contribution in [0.4, 0.5) is 11.4 Å². The van der Waals surface area contributed by atoms with Gasteiger partial charge in [-0.3, -0.25) is 19.7 Å². The predicted octanol–water partition coefficient (Wildman–Crippen LogP) is 0.556. The standard InChI is InChI=1S/C17H22N4O6/c1-18-15(22)10-19(2)16(23)11-27-17(24)12-5-6-13(14(9-12)21(25)26)20-7-3-4-8-20/h5-6,9H,3-4,7-8,10-11H2,1-2H3,(H,18,22). The summed E-state index contributed by atoms with van der Waals surface area (Å²) < 4.78 is 4.93. The molecular weight excluding hydrogens is 356 g/mol. The highest BCUT2D eigenvalue weighted by Crippen LogP contribution is 2.31.